The fourth-order valence-corrected chi connectivity index (χ4v) is 4.44. The molecule has 0 aromatic heterocycles. The standard InChI is InChI=1S/C11H15NO5S/c1-5(17-4-13)6-8(14)12-7(10(15)16)11(2,3)18-9(6)12/h4-7,9H,1-3H3,(H,15,16)/t5?,6-,7+,9-/m1/s1. The topological polar surface area (TPSA) is 83.9 Å². The average molecular weight is 273 g/mol. The second-order valence-corrected chi connectivity index (χ2v) is 6.83. The quantitative estimate of drug-likeness (QED) is 0.586. The first kappa shape index (κ1) is 13.2. The molecule has 1 N–H and O–H groups in total. The van der Waals surface area contributed by atoms with Crippen LogP contribution in [0.2, 0.25) is 0 Å². The van der Waals surface area contributed by atoms with E-state index >= 15 is 0 Å². The van der Waals surface area contributed by atoms with Crippen molar-refractivity contribution in [1.82, 2.24) is 4.90 Å². The molecule has 2 fully saturated rings. The van der Waals surface area contributed by atoms with E-state index in [9.17, 15) is 19.5 Å². The van der Waals surface area contributed by atoms with Crippen molar-refractivity contribution in [2.24, 2.45) is 5.92 Å². The van der Waals surface area contributed by atoms with Crippen LogP contribution in [0.15, 0.2) is 0 Å². The summed E-state index contributed by atoms with van der Waals surface area (Å²) in [5.41, 5.74) is 0. The lowest BCUT2D eigenvalue weighted by atomic mass is 9.88. The fourth-order valence-electron chi connectivity index (χ4n) is 2.65. The summed E-state index contributed by atoms with van der Waals surface area (Å²) in [4.78, 5) is 35.0. The lowest BCUT2D eigenvalue weighted by Crippen LogP contribution is -2.65. The van der Waals surface area contributed by atoms with Crippen LogP contribution in [0.5, 0.6) is 0 Å². The molecule has 2 heterocycles. The number of carboxylic acid groups (broad SMARTS) is 1. The largest absolute Gasteiger partial charge is 0.480 e. The van der Waals surface area contributed by atoms with Crippen LogP contribution in [-0.2, 0) is 19.1 Å². The van der Waals surface area contributed by atoms with Gasteiger partial charge in [0.25, 0.3) is 6.47 Å². The number of carbonyl (C=O) groups is 3. The zero-order valence-corrected chi connectivity index (χ0v) is 11.1. The van der Waals surface area contributed by atoms with Gasteiger partial charge in [-0.1, -0.05) is 0 Å². The zero-order chi connectivity index (χ0) is 13.7. The maximum absolute atomic E-state index is 12.0. The molecule has 7 heteroatoms. The molecule has 6 nitrogen and oxygen atoms in total. The SMILES string of the molecule is CC(OC=O)[C@@H]1C(=O)N2[C@@H]1SC(C)(C)[C@@H]2C(=O)O. The van der Waals surface area contributed by atoms with Crippen LogP contribution in [0.1, 0.15) is 20.8 Å². The van der Waals surface area contributed by atoms with Gasteiger partial charge in [-0.05, 0) is 20.8 Å². The number of carboxylic acids is 1. The molecule has 2 aliphatic heterocycles. The first-order valence-electron chi connectivity index (χ1n) is 5.63. The Morgan fingerprint density at radius 3 is 2.72 bits per heavy atom. The molecule has 18 heavy (non-hydrogen) atoms. The first-order chi connectivity index (χ1) is 8.31. The minimum Gasteiger partial charge on any atom is -0.480 e. The summed E-state index contributed by atoms with van der Waals surface area (Å²) in [6, 6.07) is -0.820. The van der Waals surface area contributed by atoms with Crippen LogP contribution < -0.4 is 0 Å². The third kappa shape index (κ3) is 1.68. The number of fused-ring (bicyclic) bond motifs is 1. The number of rotatable bonds is 4. The van der Waals surface area contributed by atoms with Gasteiger partial charge in [-0.15, -0.1) is 11.8 Å². The van der Waals surface area contributed by atoms with Crippen LogP contribution in [-0.4, -0.2) is 50.6 Å². The lowest BCUT2D eigenvalue weighted by molar-refractivity contribution is -0.171. The van der Waals surface area contributed by atoms with Crippen LogP contribution in [0, 0.1) is 5.92 Å². The summed E-state index contributed by atoms with van der Waals surface area (Å²) in [7, 11) is 0. The van der Waals surface area contributed by atoms with Crippen molar-refractivity contribution in [3.63, 3.8) is 0 Å². The van der Waals surface area contributed by atoms with Gasteiger partial charge in [-0.25, -0.2) is 4.79 Å². The van der Waals surface area contributed by atoms with Crippen LogP contribution in [0.25, 0.3) is 0 Å². The van der Waals surface area contributed by atoms with Crippen molar-refractivity contribution < 1.29 is 24.2 Å². The summed E-state index contributed by atoms with van der Waals surface area (Å²) < 4.78 is 4.26. The molecule has 0 aromatic carbocycles. The highest BCUT2D eigenvalue weighted by molar-refractivity contribution is 8.01. The maximum atomic E-state index is 12.0. The number of aliphatic carboxylic acids is 1. The van der Waals surface area contributed by atoms with Crippen molar-refractivity contribution in [2.45, 2.75) is 43.0 Å². The Hall–Kier alpha value is -1.24. The van der Waals surface area contributed by atoms with Crippen LogP contribution in [0.4, 0.5) is 0 Å². The van der Waals surface area contributed by atoms with E-state index in [1.807, 2.05) is 13.8 Å². The van der Waals surface area contributed by atoms with E-state index in [0.717, 1.165) is 0 Å². The van der Waals surface area contributed by atoms with Crippen molar-refractivity contribution in [2.75, 3.05) is 0 Å². The number of β-lactam (4-membered cyclic amide) rings is 1. The monoisotopic (exact) mass is 273 g/mol. The summed E-state index contributed by atoms with van der Waals surface area (Å²) >= 11 is 1.45. The van der Waals surface area contributed by atoms with Crippen LogP contribution in [0.3, 0.4) is 0 Å². The number of carbonyl (C=O) groups excluding carboxylic acids is 2. The molecule has 2 rings (SSSR count). The highest BCUT2D eigenvalue weighted by Crippen LogP contribution is 2.54. The van der Waals surface area contributed by atoms with E-state index < -0.39 is 28.8 Å². The predicted molar refractivity (Wildman–Crippen MR) is 63.8 cm³/mol. The molecule has 1 unspecified atom stereocenters. The smallest absolute Gasteiger partial charge is 0.327 e. The molecular formula is C11H15NO5S. The minimum atomic E-state index is -0.995. The van der Waals surface area contributed by atoms with E-state index in [0.29, 0.717) is 6.47 Å². The maximum Gasteiger partial charge on any atom is 0.327 e. The molecule has 1 amide bonds. The van der Waals surface area contributed by atoms with Gasteiger partial charge in [0, 0.05) is 4.75 Å². The Labute approximate surface area is 109 Å². The second-order valence-electron chi connectivity index (χ2n) is 5.06. The number of amides is 1. The number of nitrogens with zero attached hydrogens (tertiary/aromatic N) is 1. The third-order valence-corrected chi connectivity index (χ3v) is 5.08. The molecule has 4 atom stereocenters. The highest BCUT2D eigenvalue weighted by Gasteiger charge is 2.65. The van der Waals surface area contributed by atoms with Crippen molar-refractivity contribution >= 4 is 30.1 Å². The molecule has 2 aliphatic rings. The van der Waals surface area contributed by atoms with E-state index in [1.165, 1.54) is 16.7 Å². The second kappa shape index (κ2) is 4.15. The molecule has 0 spiro atoms. The third-order valence-electron chi connectivity index (χ3n) is 3.49. The normalized spacial score (nSPS) is 34.5. The molecule has 0 aromatic rings. The molecule has 2 saturated heterocycles. The van der Waals surface area contributed by atoms with Crippen molar-refractivity contribution in [3.8, 4) is 0 Å². The summed E-state index contributed by atoms with van der Waals surface area (Å²) in [5.74, 6) is -1.69. The average Bonchev–Trinajstić information content (AvgIpc) is 2.47. The number of ether oxygens (including phenoxy) is 1. The van der Waals surface area contributed by atoms with Gasteiger partial charge < -0.3 is 14.7 Å². The zero-order valence-electron chi connectivity index (χ0n) is 10.3. The van der Waals surface area contributed by atoms with Gasteiger partial charge in [0.1, 0.15) is 18.1 Å². The van der Waals surface area contributed by atoms with Gasteiger partial charge in [0.15, 0.2) is 0 Å². The van der Waals surface area contributed by atoms with Gasteiger partial charge in [-0.2, -0.15) is 0 Å². The number of thioether (sulfide) groups is 1. The Balaban J connectivity index is 2.21. The summed E-state index contributed by atoms with van der Waals surface area (Å²) in [6.07, 6.45) is -0.521. The van der Waals surface area contributed by atoms with E-state index in [4.69, 9.17) is 4.74 Å². The minimum absolute atomic E-state index is 0.219. The molecule has 100 valence electrons. The molecule has 0 aliphatic carbocycles. The number of hydrogen-bond donors (Lipinski definition) is 1. The van der Waals surface area contributed by atoms with Crippen molar-refractivity contribution in [1.29, 1.82) is 0 Å². The predicted octanol–water partition coefficient (Wildman–Crippen LogP) is 0.311. The summed E-state index contributed by atoms with van der Waals surface area (Å²) in [5, 5.41) is 9.00. The molecule has 0 bridgehead atoms. The first-order valence-corrected chi connectivity index (χ1v) is 6.51. The Kier molecular flexibility index (Phi) is 3.04. The fraction of sp³-hybridized carbons (Fsp3) is 0.727. The molecule has 0 saturated carbocycles. The summed E-state index contributed by atoms with van der Waals surface area (Å²) in [6.45, 7) is 5.59. The molecule has 0 radical (unpaired) electrons. The Morgan fingerprint density at radius 2 is 2.22 bits per heavy atom. The van der Waals surface area contributed by atoms with Crippen LogP contribution >= 0.6 is 11.8 Å². The Morgan fingerprint density at radius 1 is 1.61 bits per heavy atom. The Bertz CT molecular complexity index is 410. The highest BCUT2D eigenvalue weighted by atomic mass is 32.2. The lowest BCUT2D eigenvalue weighted by Gasteiger charge is -2.45. The van der Waals surface area contributed by atoms with Gasteiger partial charge in [0.2, 0.25) is 5.91 Å². The molecular weight excluding hydrogens is 258 g/mol. The van der Waals surface area contributed by atoms with E-state index in [-0.39, 0.29) is 11.3 Å². The van der Waals surface area contributed by atoms with Gasteiger partial charge in [-0.3, -0.25) is 9.59 Å². The van der Waals surface area contributed by atoms with Crippen molar-refractivity contribution in [3.05, 3.63) is 0 Å². The van der Waals surface area contributed by atoms with Gasteiger partial charge >= 0.3 is 5.97 Å². The number of hydrogen-bond acceptors (Lipinski definition) is 5. The van der Waals surface area contributed by atoms with E-state index in [1.54, 1.807) is 6.92 Å². The van der Waals surface area contributed by atoms with E-state index in [2.05, 4.69) is 0 Å². The van der Waals surface area contributed by atoms with Gasteiger partial charge in [0.05, 0.1) is 5.37 Å².